The van der Waals surface area contributed by atoms with Gasteiger partial charge < -0.3 is 5.11 Å². The van der Waals surface area contributed by atoms with Crippen LogP contribution in [-0.2, 0) is 14.4 Å². The number of nitrogens with zero attached hydrogens (tertiary/aromatic N) is 1. The Morgan fingerprint density at radius 1 is 1.38 bits per heavy atom. The summed E-state index contributed by atoms with van der Waals surface area (Å²) in [5, 5.41) is 8.50. The first-order valence-electron chi connectivity index (χ1n) is 3.79. The largest absolute Gasteiger partial charge is 0.478 e. The van der Waals surface area contributed by atoms with Gasteiger partial charge in [0.05, 0.1) is 5.57 Å². The van der Waals surface area contributed by atoms with Crippen LogP contribution in [0.1, 0.15) is 19.8 Å². The number of carboxylic acid groups (broad SMARTS) is 1. The molecule has 1 N–H and O–H groups in total. The van der Waals surface area contributed by atoms with Crippen molar-refractivity contribution < 1.29 is 19.5 Å². The topological polar surface area (TPSA) is 74.7 Å². The van der Waals surface area contributed by atoms with Crippen LogP contribution < -0.4 is 0 Å². The molecule has 0 aromatic heterocycles. The fraction of sp³-hybridized carbons (Fsp3) is 0.375. The molecule has 2 amide bonds. The highest BCUT2D eigenvalue weighted by Gasteiger charge is 2.27. The molecule has 0 atom stereocenters. The van der Waals surface area contributed by atoms with Gasteiger partial charge in [-0.2, -0.15) is 0 Å². The van der Waals surface area contributed by atoms with Crippen molar-refractivity contribution in [3.8, 4) is 0 Å². The van der Waals surface area contributed by atoms with Gasteiger partial charge in [-0.15, -0.1) is 0 Å². The molecule has 1 saturated heterocycles. The molecule has 0 aromatic rings. The van der Waals surface area contributed by atoms with E-state index in [0.29, 0.717) is 0 Å². The molecule has 5 nitrogen and oxygen atoms in total. The first-order valence-corrected chi connectivity index (χ1v) is 3.79. The summed E-state index contributed by atoms with van der Waals surface area (Å²) < 4.78 is 0. The average molecular weight is 183 g/mol. The van der Waals surface area contributed by atoms with Crippen molar-refractivity contribution >= 4 is 17.8 Å². The zero-order chi connectivity index (χ0) is 10.0. The summed E-state index contributed by atoms with van der Waals surface area (Å²) in [6, 6.07) is 0. The summed E-state index contributed by atoms with van der Waals surface area (Å²) in [5.74, 6) is -1.82. The molecule has 1 aliphatic rings. The van der Waals surface area contributed by atoms with Crippen LogP contribution in [0.15, 0.2) is 11.8 Å². The van der Waals surface area contributed by atoms with Crippen LogP contribution in [0.2, 0.25) is 0 Å². The van der Waals surface area contributed by atoms with Crippen LogP contribution in [0.4, 0.5) is 0 Å². The van der Waals surface area contributed by atoms with Crippen molar-refractivity contribution in [2.45, 2.75) is 19.8 Å². The highest BCUT2D eigenvalue weighted by molar-refractivity contribution is 6.03. The molecule has 1 aliphatic heterocycles. The molecule has 0 saturated carbocycles. The van der Waals surface area contributed by atoms with E-state index in [9.17, 15) is 14.4 Å². The number of imide groups is 1. The van der Waals surface area contributed by atoms with E-state index in [2.05, 4.69) is 0 Å². The van der Waals surface area contributed by atoms with Gasteiger partial charge in [0, 0.05) is 19.0 Å². The van der Waals surface area contributed by atoms with Gasteiger partial charge in [-0.3, -0.25) is 14.5 Å². The summed E-state index contributed by atoms with van der Waals surface area (Å²) in [5.41, 5.74) is -0.0244. The molecule has 0 radical (unpaired) electrons. The minimum Gasteiger partial charge on any atom is -0.478 e. The van der Waals surface area contributed by atoms with Gasteiger partial charge >= 0.3 is 5.97 Å². The molecule has 1 heterocycles. The first-order chi connectivity index (χ1) is 6.02. The van der Waals surface area contributed by atoms with Crippen molar-refractivity contribution in [3.63, 3.8) is 0 Å². The second kappa shape index (κ2) is 3.38. The number of likely N-dealkylation sites (tertiary alicyclic amines) is 1. The maximum Gasteiger partial charge on any atom is 0.332 e. The minimum atomic E-state index is -1.13. The Balaban J connectivity index is 2.83. The summed E-state index contributed by atoms with van der Waals surface area (Å²) >= 11 is 0. The normalized spacial score (nSPS) is 18.2. The molecule has 0 unspecified atom stereocenters. The molecule has 1 fully saturated rings. The highest BCUT2D eigenvalue weighted by Crippen LogP contribution is 2.13. The van der Waals surface area contributed by atoms with Gasteiger partial charge in [-0.1, -0.05) is 0 Å². The van der Waals surface area contributed by atoms with Crippen molar-refractivity contribution in [1.82, 2.24) is 4.90 Å². The first kappa shape index (κ1) is 9.44. The molecule has 1 rings (SSSR count). The van der Waals surface area contributed by atoms with Gasteiger partial charge in [-0.05, 0) is 6.92 Å². The van der Waals surface area contributed by atoms with Crippen molar-refractivity contribution in [2.24, 2.45) is 0 Å². The van der Waals surface area contributed by atoms with E-state index in [1.165, 1.54) is 6.92 Å². The van der Waals surface area contributed by atoms with E-state index in [1.807, 2.05) is 0 Å². The number of hydrogen-bond donors (Lipinski definition) is 1. The molecule has 0 bridgehead atoms. The number of carbonyl (C=O) groups is 3. The maximum absolute atomic E-state index is 11.0. The second-order valence-corrected chi connectivity index (χ2v) is 2.77. The number of rotatable bonds is 2. The van der Waals surface area contributed by atoms with E-state index in [0.717, 1.165) is 11.1 Å². The van der Waals surface area contributed by atoms with Crippen molar-refractivity contribution in [2.75, 3.05) is 0 Å². The lowest BCUT2D eigenvalue weighted by atomic mass is 10.3. The number of hydrogen-bond acceptors (Lipinski definition) is 3. The lowest BCUT2D eigenvalue weighted by Gasteiger charge is -2.07. The van der Waals surface area contributed by atoms with Crippen LogP contribution in [0.25, 0.3) is 0 Å². The van der Waals surface area contributed by atoms with Gasteiger partial charge in [0.2, 0.25) is 11.8 Å². The summed E-state index contributed by atoms with van der Waals surface area (Å²) in [4.78, 5) is 33.3. The fourth-order valence-electron chi connectivity index (χ4n) is 0.987. The Morgan fingerprint density at radius 3 is 2.23 bits per heavy atom. The number of amides is 2. The molecule has 0 spiro atoms. The lowest BCUT2D eigenvalue weighted by molar-refractivity contribution is -0.135. The molecule has 13 heavy (non-hydrogen) atoms. The highest BCUT2D eigenvalue weighted by atomic mass is 16.4. The van der Waals surface area contributed by atoms with E-state index < -0.39 is 5.97 Å². The maximum atomic E-state index is 11.0. The van der Waals surface area contributed by atoms with Crippen molar-refractivity contribution in [1.29, 1.82) is 0 Å². The Labute approximate surface area is 74.6 Å². The standard InChI is InChI=1S/C8H9NO4/c1-5(8(12)13)4-9-6(10)2-3-7(9)11/h4H,2-3H2,1H3,(H,12,13)/b5-4+. The number of aliphatic carboxylic acids is 1. The van der Waals surface area contributed by atoms with E-state index in [1.54, 1.807) is 0 Å². The molecule has 5 heteroatoms. The number of carbonyl (C=O) groups excluding carboxylic acids is 2. The predicted octanol–water partition coefficient (Wildman–Crippen LogP) is 0.124. The SMILES string of the molecule is C/C(=C\N1C(=O)CCC1=O)C(=O)O. The van der Waals surface area contributed by atoms with Gasteiger partial charge in [0.1, 0.15) is 0 Å². The molecule has 70 valence electrons. The molecular formula is C8H9NO4. The van der Waals surface area contributed by atoms with Crippen LogP contribution in [0.5, 0.6) is 0 Å². The van der Waals surface area contributed by atoms with E-state index in [-0.39, 0.29) is 30.2 Å². The Morgan fingerprint density at radius 2 is 1.85 bits per heavy atom. The average Bonchev–Trinajstić information content (AvgIpc) is 2.35. The summed E-state index contributed by atoms with van der Waals surface area (Å²) in [6.07, 6.45) is 1.41. The fourth-order valence-corrected chi connectivity index (χ4v) is 0.987. The van der Waals surface area contributed by atoms with Crippen LogP contribution >= 0.6 is 0 Å². The zero-order valence-corrected chi connectivity index (χ0v) is 7.11. The summed E-state index contributed by atoms with van der Waals surface area (Å²) in [6.45, 7) is 1.33. The third-order valence-electron chi connectivity index (χ3n) is 1.75. The Hall–Kier alpha value is -1.65. The van der Waals surface area contributed by atoms with Gasteiger partial charge in [0.25, 0.3) is 0 Å². The van der Waals surface area contributed by atoms with E-state index >= 15 is 0 Å². The quantitative estimate of drug-likeness (QED) is 0.487. The lowest BCUT2D eigenvalue weighted by Crippen LogP contribution is -2.24. The van der Waals surface area contributed by atoms with Gasteiger partial charge in [0.15, 0.2) is 0 Å². The zero-order valence-electron chi connectivity index (χ0n) is 7.11. The monoisotopic (exact) mass is 183 g/mol. The molecular weight excluding hydrogens is 174 g/mol. The minimum absolute atomic E-state index is 0.0244. The van der Waals surface area contributed by atoms with Crippen LogP contribution in [0, 0.1) is 0 Å². The predicted molar refractivity (Wildman–Crippen MR) is 42.5 cm³/mol. The van der Waals surface area contributed by atoms with Crippen LogP contribution in [0.3, 0.4) is 0 Å². The van der Waals surface area contributed by atoms with Gasteiger partial charge in [-0.25, -0.2) is 4.79 Å². The Kier molecular flexibility index (Phi) is 2.46. The van der Waals surface area contributed by atoms with Crippen molar-refractivity contribution in [3.05, 3.63) is 11.8 Å². The number of carboxylic acids is 1. The third-order valence-corrected chi connectivity index (χ3v) is 1.75. The second-order valence-electron chi connectivity index (χ2n) is 2.77. The third kappa shape index (κ3) is 1.93. The Bertz CT molecular complexity index is 289. The van der Waals surface area contributed by atoms with E-state index in [4.69, 9.17) is 5.11 Å². The molecule has 0 aliphatic carbocycles. The smallest absolute Gasteiger partial charge is 0.332 e. The molecule has 0 aromatic carbocycles. The summed E-state index contributed by atoms with van der Waals surface area (Å²) in [7, 11) is 0. The van der Waals surface area contributed by atoms with Crippen LogP contribution in [-0.4, -0.2) is 27.8 Å².